The van der Waals surface area contributed by atoms with Crippen LogP contribution in [0.1, 0.15) is 17.3 Å². The maximum Gasteiger partial charge on any atom is 0.260 e. The Labute approximate surface area is 172 Å². The summed E-state index contributed by atoms with van der Waals surface area (Å²) in [5.41, 5.74) is 1.29. The maximum atomic E-state index is 12.7. The summed E-state index contributed by atoms with van der Waals surface area (Å²) in [5, 5.41) is -0.727. The molecule has 0 radical (unpaired) electrons. The number of sulfone groups is 1. The van der Waals surface area contributed by atoms with Crippen molar-refractivity contribution in [2.45, 2.75) is 27.9 Å². The Bertz CT molecular complexity index is 1190. The van der Waals surface area contributed by atoms with Crippen molar-refractivity contribution in [2.75, 3.05) is 11.4 Å². The summed E-state index contributed by atoms with van der Waals surface area (Å²) in [6, 6.07) is 14.3. The second-order valence-electron chi connectivity index (χ2n) is 6.79. The molecule has 6 nitrogen and oxygen atoms in total. The molecule has 0 aliphatic carbocycles. The Morgan fingerprint density at radius 3 is 2.66 bits per heavy atom. The maximum absolute atomic E-state index is 12.7. The lowest BCUT2D eigenvalue weighted by atomic mass is 10.1. The molecule has 2 aromatic rings. The van der Waals surface area contributed by atoms with E-state index in [9.17, 15) is 13.2 Å². The third kappa shape index (κ3) is 2.56. The van der Waals surface area contributed by atoms with Crippen molar-refractivity contribution in [3.63, 3.8) is 0 Å². The molecule has 1 saturated heterocycles. The molecule has 2 atom stereocenters. The zero-order chi connectivity index (χ0) is 20.2. The number of thioether (sulfide) groups is 1. The predicted molar refractivity (Wildman–Crippen MR) is 109 cm³/mol. The van der Waals surface area contributed by atoms with Crippen molar-refractivity contribution >= 4 is 33.1 Å². The van der Waals surface area contributed by atoms with Crippen molar-refractivity contribution < 1.29 is 23.0 Å². The molecule has 0 N–H and O–H groups in total. The number of para-hydroxylation sites is 1. The van der Waals surface area contributed by atoms with Gasteiger partial charge in [-0.05, 0) is 43.3 Å². The molecule has 1 fully saturated rings. The van der Waals surface area contributed by atoms with Gasteiger partial charge in [0.25, 0.3) is 5.06 Å². The van der Waals surface area contributed by atoms with E-state index in [1.54, 1.807) is 36.0 Å². The van der Waals surface area contributed by atoms with Gasteiger partial charge in [-0.15, -0.1) is 0 Å². The van der Waals surface area contributed by atoms with Gasteiger partial charge >= 0.3 is 0 Å². The van der Waals surface area contributed by atoms with E-state index in [1.165, 1.54) is 18.2 Å². The van der Waals surface area contributed by atoms with Crippen molar-refractivity contribution in [1.82, 2.24) is 0 Å². The van der Waals surface area contributed by atoms with E-state index in [0.29, 0.717) is 0 Å². The van der Waals surface area contributed by atoms with Crippen LogP contribution in [0.25, 0.3) is 0 Å². The minimum atomic E-state index is -3.80. The van der Waals surface area contributed by atoms with E-state index < -0.39 is 26.8 Å². The van der Waals surface area contributed by atoms with E-state index in [1.807, 2.05) is 31.2 Å². The summed E-state index contributed by atoms with van der Waals surface area (Å²) in [6.45, 7) is 2.76. The van der Waals surface area contributed by atoms with Crippen molar-refractivity contribution in [3.05, 3.63) is 77.2 Å². The second-order valence-corrected chi connectivity index (χ2v) is 9.90. The average Bonchev–Trinajstić information content (AvgIpc) is 3.17. The highest BCUT2D eigenvalue weighted by atomic mass is 32.2. The number of allylic oxidation sites excluding steroid dienone is 3. The van der Waals surface area contributed by atoms with Gasteiger partial charge in [0.1, 0.15) is 4.91 Å². The molecule has 0 saturated carbocycles. The fourth-order valence-corrected chi connectivity index (χ4v) is 6.77. The standard InChI is InChI=1S/C21H17NO5S2/c1-2-22-15-9-4-5-10-16(15)28-21(22)19(26-27-21)13-7-12-18-20(23)14-8-3-6-11-17(14)29(18,24)25/h3-13,19H,2H2,1H3. The summed E-state index contributed by atoms with van der Waals surface area (Å²) >= 11 is 1.56. The van der Waals surface area contributed by atoms with Crippen LogP contribution >= 0.6 is 11.8 Å². The van der Waals surface area contributed by atoms with Gasteiger partial charge in [-0.1, -0.05) is 42.1 Å². The molecule has 3 aliphatic heterocycles. The average molecular weight is 428 g/mol. The number of nitrogens with zero attached hydrogens (tertiary/aromatic N) is 1. The Hall–Kier alpha value is -2.39. The highest BCUT2D eigenvalue weighted by molar-refractivity contribution is 8.01. The number of rotatable bonds is 3. The molecule has 3 aliphatic rings. The molecule has 0 aromatic heterocycles. The SMILES string of the molecule is CCN1c2ccccc2SC12OOC2C=CC=C1C(=O)c2ccccc2S1(=O)=O. The quantitative estimate of drug-likeness (QED) is 0.546. The van der Waals surface area contributed by atoms with Crippen LogP contribution in [-0.2, 0) is 19.6 Å². The molecule has 2 unspecified atom stereocenters. The van der Waals surface area contributed by atoms with E-state index in [2.05, 4.69) is 4.90 Å². The van der Waals surface area contributed by atoms with Gasteiger partial charge in [0.05, 0.1) is 10.6 Å². The van der Waals surface area contributed by atoms with Crippen LogP contribution in [0.15, 0.2) is 81.5 Å². The lowest BCUT2D eigenvalue weighted by Crippen LogP contribution is -2.62. The fraction of sp³-hybridized carbons (Fsp3) is 0.190. The Morgan fingerprint density at radius 1 is 1.17 bits per heavy atom. The van der Waals surface area contributed by atoms with Crippen molar-refractivity contribution in [2.24, 2.45) is 0 Å². The second kappa shape index (κ2) is 6.56. The predicted octanol–water partition coefficient (Wildman–Crippen LogP) is 3.71. The van der Waals surface area contributed by atoms with Gasteiger partial charge in [0.15, 0.2) is 6.10 Å². The molecule has 148 valence electrons. The van der Waals surface area contributed by atoms with Crippen LogP contribution in [0.4, 0.5) is 5.69 Å². The molecule has 29 heavy (non-hydrogen) atoms. The number of hydrogen-bond donors (Lipinski definition) is 0. The van der Waals surface area contributed by atoms with Gasteiger partial charge in [0.2, 0.25) is 15.6 Å². The fourth-order valence-electron chi connectivity index (χ4n) is 3.82. The van der Waals surface area contributed by atoms with Crippen molar-refractivity contribution in [3.8, 4) is 0 Å². The van der Waals surface area contributed by atoms with E-state index in [0.717, 1.165) is 17.1 Å². The third-order valence-corrected chi connectivity index (χ3v) is 8.42. The van der Waals surface area contributed by atoms with Gasteiger partial charge in [-0.25, -0.2) is 13.3 Å². The summed E-state index contributed by atoms with van der Waals surface area (Å²) in [5.74, 6) is -0.483. The van der Waals surface area contributed by atoms with E-state index >= 15 is 0 Å². The number of carbonyl (C=O) groups excluding carboxylic acids is 1. The molecule has 5 rings (SSSR count). The minimum Gasteiger partial charge on any atom is -0.329 e. The number of likely N-dealkylation sites (N-methyl/N-ethyl adjacent to an activating group) is 1. The first-order valence-electron chi connectivity index (χ1n) is 9.16. The minimum absolute atomic E-state index is 0.0586. The summed E-state index contributed by atoms with van der Waals surface area (Å²) in [6.07, 6.45) is 4.21. The number of carbonyl (C=O) groups is 1. The van der Waals surface area contributed by atoms with Crippen LogP contribution in [-0.4, -0.2) is 31.9 Å². The van der Waals surface area contributed by atoms with Gasteiger partial charge < -0.3 is 4.90 Å². The Kier molecular flexibility index (Phi) is 4.22. The normalized spacial score (nSPS) is 28.2. The summed E-state index contributed by atoms with van der Waals surface area (Å²) in [7, 11) is -3.80. The van der Waals surface area contributed by atoms with Crippen LogP contribution in [0.5, 0.6) is 0 Å². The number of fused-ring (bicyclic) bond motifs is 2. The number of ketones is 1. The molecule has 2 aromatic carbocycles. The molecular weight excluding hydrogens is 410 g/mol. The van der Waals surface area contributed by atoms with Gasteiger partial charge in [-0.3, -0.25) is 4.79 Å². The molecule has 0 bridgehead atoms. The number of hydrogen-bond acceptors (Lipinski definition) is 7. The molecule has 8 heteroatoms. The Balaban J connectivity index is 1.43. The first-order chi connectivity index (χ1) is 14.0. The first kappa shape index (κ1) is 18.6. The summed E-state index contributed by atoms with van der Waals surface area (Å²) in [4.78, 5) is 26.4. The van der Waals surface area contributed by atoms with E-state index in [4.69, 9.17) is 9.78 Å². The topological polar surface area (TPSA) is 72.9 Å². The van der Waals surface area contributed by atoms with Gasteiger partial charge in [-0.2, -0.15) is 4.89 Å². The zero-order valence-corrected chi connectivity index (χ0v) is 17.1. The largest absolute Gasteiger partial charge is 0.329 e. The third-order valence-electron chi connectivity index (χ3n) is 5.20. The van der Waals surface area contributed by atoms with Crippen molar-refractivity contribution in [1.29, 1.82) is 0 Å². The number of benzene rings is 2. The highest BCUT2D eigenvalue weighted by Gasteiger charge is 2.59. The molecule has 0 amide bonds. The Morgan fingerprint density at radius 2 is 1.93 bits per heavy atom. The lowest BCUT2D eigenvalue weighted by Gasteiger charge is -2.47. The smallest absolute Gasteiger partial charge is 0.260 e. The van der Waals surface area contributed by atoms with E-state index in [-0.39, 0.29) is 15.4 Å². The van der Waals surface area contributed by atoms with Crippen LogP contribution in [0.3, 0.4) is 0 Å². The zero-order valence-electron chi connectivity index (χ0n) is 15.4. The van der Waals surface area contributed by atoms with Crippen LogP contribution in [0, 0.1) is 0 Å². The van der Waals surface area contributed by atoms with Gasteiger partial charge in [0, 0.05) is 17.0 Å². The first-order valence-corrected chi connectivity index (χ1v) is 11.5. The lowest BCUT2D eigenvalue weighted by molar-refractivity contribution is -0.465. The van der Waals surface area contributed by atoms with Crippen LogP contribution < -0.4 is 4.90 Å². The van der Waals surface area contributed by atoms with Crippen LogP contribution in [0.2, 0.25) is 0 Å². The highest BCUT2D eigenvalue weighted by Crippen LogP contribution is 2.57. The number of Topliss-reactive ketones (excluding diaryl/α,β-unsaturated/α-hetero) is 1. The number of anilines is 1. The summed E-state index contributed by atoms with van der Waals surface area (Å²) < 4.78 is 25.3. The monoisotopic (exact) mass is 427 g/mol. The molecule has 1 spiro atoms. The molecule has 3 heterocycles. The molecular formula is C21H17NO5S2.